The smallest absolute Gasteiger partial charge is 0.244 e. The molecule has 0 spiro atoms. The van der Waals surface area contributed by atoms with Crippen molar-refractivity contribution in [3.05, 3.63) is 27.7 Å². The molecular weight excluding hydrogens is 319 g/mol. The fraction of sp³-hybridized carbons (Fsp3) is 0.538. The molecule has 1 N–H and O–H groups in total. The van der Waals surface area contributed by atoms with Crippen LogP contribution in [0, 0.1) is 0 Å². The third-order valence-corrected chi connectivity index (χ3v) is 6.34. The average Bonchev–Trinajstić information content (AvgIpc) is 2.80. The Labute approximate surface area is 130 Å². The third kappa shape index (κ3) is 2.97. The van der Waals surface area contributed by atoms with Crippen molar-refractivity contribution in [2.75, 3.05) is 13.6 Å². The van der Waals surface area contributed by atoms with E-state index in [1.807, 2.05) is 6.92 Å². The zero-order valence-electron chi connectivity index (χ0n) is 11.5. The largest absolute Gasteiger partial charge is 0.316 e. The molecule has 0 bridgehead atoms. The average molecular weight is 337 g/mol. The molecule has 1 unspecified atom stereocenters. The summed E-state index contributed by atoms with van der Waals surface area (Å²) in [5.41, 5.74) is 0.687. The molecule has 4 nitrogen and oxygen atoms in total. The topological polar surface area (TPSA) is 49.4 Å². The predicted octanol–water partition coefficient (Wildman–Crippen LogP) is 2.89. The number of nitrogens with zero attached hydrogens (tertiary/aromatic N) is 1. The molecule has 112 valence electrons. The fourth-order valence-corrected chi connectivity index (χ4v) is 5.12. The summed E-state index contributed by atoms with van der Waals surface area (Å²) in [7, 11) is -1.82. The lowest BCUT2D eigenvalue weighted by atomic mass is 10.2. The minimum Gasteiger partial charge on any atom is -0.316 e. The molecule has 1 aromatic carbocycles. The number of hydrogen-bond donors (Lipinski definition) is 1. The molecular formula is C13H18Cl2N2O2S. The van der Waals surface area contributed by atoms with Gasteiger partial charge in [-0.2, -0.15) is 4.31 Å². The lowest BCUT2D eigenvalue weighted by molar-refractivity contribution is 0.408. The molecule has 0 radical (unpaired) electrons. The van der Waals surface area contributed by atoms with E-state index in [-0.39, 0.29) is 16.0 Å². The minimum atomic E-state index is -3.59. The van der Waals surface area contributed by atoms with Crippen LogP contribution in [0.5, 0.6) is 0 Å². The minimum absolute atomic E-state index is 0.00259. The highest BCUT2D eigenvalue weighted by atomic mass is 35.5. The van der Waals surface area contributed by atoms with Crippen LogP contribution in [0.25, 0.3) is 0 Å². The van der Waals surface area contributed by atoms with Crippen LogP contribution in [-0.2, 0) is 16.6 Å². The fourth-order valence-electron chi connectivity index (χ4n) is 2.52. The lowest BCUT2D eigenvalue weighted by Crippen LogP contribution is -2.34. The van der Waals surface area contributed by atoms with Crippen LogP contribution in [0.15, 0.2) is 17.0 Å². The van der Waals surface area contributed by atoms with Crippen LogP contribution < -0.4 is 5.32 Å². The second-order valence-corrected chi connectivity index (χ2v) is 7.69. The van der Waals surface area contributed by atoms with Crippen LogP contribution in [-0.4, -0.2) is 32.4 Å². The molecule has 0 aliphatic carbocycles. The molecule has 1 atom stereocenters. The van der Waals surface area contributed by atoms with Crippen LogP contribution in [0.2, 0.25) is 10.0 Å². The second-order valence-electron chi connectivity index (χ2n) is 5.01. The first kappa shape index (κ1) is 16.0. The monoisotopic (exact) mass is 336 g/mol. The Morgan fingerprint density at radius 2 is 2.10 bits per heavy atom. The zero-order chi connectivity index (χ0) is 14.9. The first-order chi connectivity index (χ1) is 9.37. The quantitative estimate of drug-likeness (QED) is 0.919. The third-order valence-electron chi connectivity index (χ3n) is 3.53. The van der Waals surface area contributed by atoms with Gasteiger partial charge in [0.1, 0.15) is 4.90 Å². The predicted molar refractivity (Wildman–Crippen MR) is 81.8 cm³/mol. The molecule has 7 heteroatoms. The summed E-state index contributed by atoms with van der Waals surface area (Å²) in [6, 6.07) is 3.12. The van der Waals surface area contributed by atoms with E-state index >= 15 is 0 Å². The van der Waals surface area contributed by atoms with Gasteiger partial charge in [0.2, 0.25) is 10.0 Å². The molecule has 1 saturated heterocycles. The molecule has 0 amide bonds. The zero-order valence-corrected chi connectivity index (χ0v) is 13.8. The van der Waals surface area contributed by atoms with Gasteiger partial charge in [0.25, 0.3) is 0 Å². The molecule has 1 aliphatic heterocycles. The van der Waals surface area contributed by atoms with Crippen molar-refractivity contribution in [1.29, 1.82) is 0 Å². The summed E-state index contributed by atoms with van der Waals surface area (Å²) < 4.78 is 27.0. The summed E-state index contributed by atoms with van der Waals surface area (Å²) in [6.45, 7) is 2.92. The van der Waals surface area contributed by atoms with E-state index < -0.39 is 10.0 Å². The highest BCUT2D eigenvalue weighted by Crippen LogP contribution is 2.34. The SMILES string of the molecule is CNCc1cc(Cl)cc(S(=O)(=O)N2CCCC2C)c1Cl. The van der Waals surface area contributed by atoms with Gasteiger partial charge < -0.3 is 5.32 Å². The van der Waals surface area contributed by atoms with Crippen LogP contribution in [0.1, 0.15) is 25.3 Å². The van der Waals surface area contributed by atoms with Crippen molar-refractivity contribution >= 4 is 33.2 Å². The summed E-state index contributed by atoms with van der Waals surface area (Å²) in [6.07, 6.45) is 1.75. The molecule has 1 aliphatic rings. The van der Waals surface area contributed by atoms with E-state index in [1.54, 1.807) is 13.1 Å². The maximum Gasteiger partial charge on any atom is 0.244 e. The van der Waals surface area contributed by atoms with Crippen molar-refractivity contribution in [2.24, 2.45) is 0 Å². The van der Waals surface area contributed by atoms with Gasteiger partial charge in [0.05, 0.1) is 5.02 Å². The maximum absolute atomic E-state index is 12.7. The number of sulfonamides is 1. The highest BCUT2D eigenvalue weighted by molar-refractivity contribution is 7.89. The Kier molecular flexibility index (Phi) is 4.97. The van der Waals surface area contributed by atoms with E-state index in [1.165, 1.54) is 10.4 Å². The van der Waals surface area contributed by atoms with Gasteiger partial charge in [0.15, 0.2) is 0 Å². The normalized spacial score (nSPS) is 20.5. The van der Waals surface area contributed by atoms with Gasteiger partial charge in [-0.25, -0.2) is 8.42 Å². The van der Waals surface area contributed by atoms with Gasteiger partial charge in [-0.3, -0.25) is 0 Å². The van der Waals surface area contributed by atoms with Gasteiger partial charge >= 0.3 is 0 Å². The van der Waals surface area contributed by atoms with Crippen molar-refractivity contribution < 1.29 is 8.42 Å². The van der Waals surface area contributed by atoms with E-state index in [2.05, 4.69) is 5.32 Å². The summed E-state index contributed by atoms with van der Waals surface area (Å²) in [5.74, 6) is 0. The molecule has 0 saturated carbocycles. The Bertz CT molecular complexity index is 605. The van der Waals surface area contributed by atoms with Crippen LogP contribution in [0.4, 0.5) is 0 Å². The Balaban J connectivity index is 2.51. The van der Waals surface area contributed by atoms with Gasteiger partial charge in [-0.15, -0.1) is 0 Å². The van der Waals surface area contributed by atoms with E-state index in [4.69, 9.17) is 23.2 Å². The maximum atomic E-state index is 12.7. The molecule has 0 aromatic heterocycles. The summed E-state index contributed by atoms with van der Waals surface area (Å²) in [4.78, 5) is 0.102. The Morgan fingerprint density at radius 3 is 2.65 bits per heavy atom. The van der Waals surface area contributed by atoms with E-state index in [0.717, 1.165) is 12.8 Å². The number of benzene rings is 1. The molecule has 2 rings (SSSR count). The van der Waals surface area contributed by atoms with E-state index in [9.17, 15) is 8.42 Å². The standard InChI is InChI=1S/C13H18Cl2N2O2S/c1-9-4-3-5-17(9)20(18,19)12-7-11(14)6-10(8-16-2)13(12)15/h6-7,9,16H,3-5,8H2,1-2H3. The summed E-state index contributed by atoms with van der Waals surface area (Å²) in [5, 5.41) is 3.59. The van der Waals surface area contributed by atoms with Crippen LogP contribution in [0.3, 0.4) is 0 Å². The van der Waals surface area contributed by atoms with Crippen molar-refractivity contribution in [3.63, 3.8) is 0 Å². The molecule has 1 fully saturated rings. The highest BCUT2D eigenvalue weighted by Gasteiger charge is 2.34. The van der Waals surface area contributed by atoms with Gasteiger partial charge in [0, 0.05) is 24.2 Å². The Morgan fingerprint density at radius 1 is 1.40 bits per heavy atom. The number of nitrogens with one attached hydrogen (secondary N) is 1. The molecule has 1 heterocycles. The first-order valence-electron chi connectivity index (χ1n) is 6.52. The lowest BCUT2D eigenvalue weighted by Gasteiger charge is -2.22. The number of halogens is 2. The molecule has 1 aromatic rings. The number of hydrogen-bond acceptors (Lipinski definition) is 3. The molecule has 20 heavy (non-hydrogen) atoms. The Hall–Kier alpha value is -0.330. The van der Waals surface area contributed by atoms with Gasteiger partial charge in [-0.1, -0.05) is 23.2 Å². The van der Waals surface area contributed by atoms with Crippen molar-refractivity contribution in [1.82, 2.24) is 9.62 Å². The van der Waals surface area contributed by atoms with E-state index in [0.29, 0.717) is 23.7 Å². The first-order valence-corrected chi connectivity index (χ1v) is 8.72. The second kappa shape index (κ2) is 6.20. The van der Waals surface area contributed by atoms with Crippen molar-refractivity contribution in [3.8, 4) is 0 Å². The summed E-state index contributed by atoms with van der Waals surface area (Å²) >= 11 is 12.3. The van der Waals surface area contributed by atoms with Crippen LogP contribution >= 0.6 is 23.2 Å². The number of rotatable bonds is 4. The van der Waals surface area contributed by atoms with Crippen molar-refractivity contribution in [2.45, 2.75) is 37.2 Å². The van der Waals surface area contributed by atoms with Gasteiger partial charge in [-0.05, 0) is 44.5 Å².